The minimum absolute atomic E-state index is 0.117. The molecule has 2 aromatic rings. The van der Waals surface area contributed by atoms with Gasteiger partial charge in [0.25, 0.3) is 0 Å². The first-order valence-corrected chi connectivity index (χ1v) is 8.34. The first-order valence-electron chi connectivity index (χ1n) is 7.52. The molecule has 0 amide bonds. The molecule has 1 N–H and O–H groups in total. The summed E-state index contributed by atoms with van der Waals surface area (Å²) in [6.07, 6.45) is 6.07. The van der Waals surface area contributed by atoms with Crippen molar-refractivity contribution in [2.24, 2.45) is 5.92 Å². The fraction of sp³-hybridized carbons (Fsp3) is 0.714. The second-order valence-corrected chi connectivity index (χ2v) is 6.93. The lowest BCUT2D eigenvalue weighted by Gasteiger charge is -2.19. The molecule has 2 unspecified atom stereocenters. The van der Waals surface area contributed by atoms with Gasteiger partial charge in [-0.3, -0.25) is 4.79 Å². The van der Waals surface area contributed by atoms with E-state index in [0.717, 1.165) is 28.6 Å². The molecule has 1 saturated carbocycles. The van der Waals surface area contributed by atoms with E-state index in [4.69, 9.17) is 5.11 Å². The van der Waals surface area contributed by atoms with E-state index in [-0.39, 0.29) is 5.92 Å². The predicted octanol–water partition coefficient (Wildman–Crippen LogP) is 3.06. The summed E-state index contributed by atoms with van der Waals surface area (Å²) in [4.78, 5) is 11.9. The van der Waals surface area contributed by atoms with Crippen molar-refractivity contribution in [2.45, 2.75) is 57.8 Å². The Morgan fingerprint density at radius 1 is 1.29 bits per heavy atom. The molecule has 0 spiro atoms. The third-order valence-corrected chi connectivity index (χ3v) is 5.63. The lowest BCUT2D eigenvalue weighted by atomic mass is 9.89. The van der Waals surface area contributed by atoms with Crippen LogP contribution in [0.4, 0.5) is 0 Å². The van der Waals surface area contributed by atoms with E-state index >= 15 is 0 Å². The van der Waals surface area contributed by atoms with Crippen molar-refractivity contribution in [2.75, 3.05) is 0 Å². The summed E-state index contributed by atoms with van der Waals surface area (Å²) in [6.45, 7) is 3.63. The van der Waals surface area contributed by atoms with Crippen LogP contribution in [-0.2, 0) is 4.79 Å². The highest BCUT2D eigenvalue weighted by Gasteiger charge is 2.27. The molecule has 6 nitrogen and oxygen atoms in total. The van der Waals surface area contributed by atoms with Crippen molar-refractivity contribution in [3.63, 3.8) is 0 Å². The van der Waals surface area contributed by atoms with Gasteiger partial charge in [-0.2, -0.15) is 9.61 Å². The lowest BCUT2D eigenvalue weighted by molar-refractivity contribution is -0.141. The molecule has 0 aromatic carbocycles. The number of rotatable bonds is 4. The monoisotopic (exact) mass is 308 g/mol. The second-order valence-electron chi connectivity index (χ2n) is 5.94. The maximum atomic E-state index is 11.1. The lowest BCUT2D eigenvalue weighted by Crippen LogP contribution is -2.17. The van der Waals surface area contributed by atoms with Crippen LogP contribution in [-0.4, -0.2) is 30.9 Å². The molecule has 1 aliphatic rings. The molecular formula is C14H20N4O2S. The van der Waals surface area contributed by atoms with Crippen molar-refractivity contribution in [1.29, 1.82) is 0 Å². The number of carboxylic acids is 1. The Labute approximate surface area is 127 Å². The molecule has 3 rings (SSSR count). The summed E-state index contributed by atoms with van der Waals surface area (Å²) in [5.74, 6) is 0.0274. The Morgan fingerprint density at radius 2 is 2.00 bits per heavy atom. The zero-order valence-corrected chi connectivity index (χ0v) is 13.1. The molecule has 0 aliphatic heterocycles. The van der Waals surface area contributed by atoms with Gasteiger partial charge in [-0.25, -0.2) is 0 Å². The van der Waals surface area contributed by atoms with Crippen LogP contribution in [0.25, 0.3) is 4.96 Å². The van der Waals surface area contributed by atoms with E-state index in [9.17, 15) is 4.79 Å². The minimum atomic E-state index is -0.791. The molecule has 0 bridgehead atoms. The molecule has 7 heteroatoms. The standard InChI is InChI=1S/C14H20N4O2S/c1-8(9(2)13(19)20)12-17-18-11(15-16-14(18)21-12)10-6-4-3-5-7-10/h8-10H,3-7H2,1-2H3,(H,19,20). The number of hydrogen-bond acceptors (Lipinski definition) is 5. The van der Waals surface area contributed by atoms with Crippen molar-refractivity contribution >= 4 is 22.3 Å². The van der Waals surface area contributed by atoms with Gasteiger partial charge < -0.3 is 5.11 Å². The molecule has 2 atom stereocenters. The van der Waals surface area contributed by atoms with Crippen LogP contribution in [0.2, 0.25) is 0 Å². The van der Waals surface area contributed by atoms with Crippen LogP contribution in [0.5, 0.6) is 0 Å². The molecule has 0 saturated heterocycles. The summed E-state index contributed by atoms with van der Waals surface area (Å²) in [5.41, 5.74) is 0. The van der Waals surface area contributed by atoms with E-state index in [0.29, 0.717) is 5.92 Å². The summed E-state index contributed by atoms with van der Waals surface area (Å²) in [6, 6.07) is 0. The van der Waals surface area contributed by atoms with Crippen molar-refractivity contribution in [1.82, 2.24) is 19.8 Å². The number of fused-ring (bicyclic) bond motifs is 1. The van der Waals surface area contributed by atoms with Crippen LogP contribution in [0.3, 0.4) is 0 Å². The highest BCUT2D eigenvalue weighted by Crippen LogP contribution is 2.34. The van der Waals surface area contributed by atoms with Gasteiger partial charge in [0.1, 0.15) is 5.01 Å². The number of carboxylic acid groups (broad SMARTS) is 1. The molecule has 1 fully saturated rings. The van der Waals surface area contributed by atoms with Gasteiger partial charge in [-0.05, 0) is 12.8 Å². The van der Waals surface area contributed by atoms with E-state index in [1.807, 2.05) is 11.4 Å². The Hall–Kier alpha value is -1.50. The number of carbonyl (C=O) groups is 1. The molecule has 114 valence electrons. The quantitative estimate of drug-likeness (QED) is 0.939. The molecule has 2 aromatic heterocycles. The molecule has 1 aliphatic carbocycles. The van der Waals surface area contributed by atoms with Gasteiger partial charge in [0, 0.05) is 11.8 Å². The largest absolute Gasteiger partial charge is 0.481 e. The first kappa shape index (κ1) is 14.4. The van der Waals surface area contributed by atoms with Crippen LogP contribution in [0, 0.1) is 5.92 Å². The highest BCUT2D eigenvalue weighted by molar-refractivity contribution is 7.16. The van der Waals surface area contributed by atoms with Crippen LogP contribution >= 0.6 is 11.3 Å². The number of aliphatic carboxylic acids is 1. The fourth-order valence-electron chi connectivity index (χ4n) is 2.87. The fourth-order valence-corrected chi connectivity index (χ4v) is 3.88. The van der Waals surface area contributed by atoms with E-state index in [1.54, 1.807) is 6.92 Å². The molecular weight excluding hydrogens is 288 g/mol. The molecule has 0 radical (unpaired) electrons. The topological polar surface area (TPSA) is 80.4 Å². The Bertz CT molecular complexity index is 644. The van der Waals surface area contributed by atoms with Gasteiger partial charge in [-0.15, -0.1) is 10.2 Å². The minimum Gasteiger partial charge on any atom is -0.481 e. The summed E-state index contributed by atoms with van der Waals surface area (Å²) in [7, 11) is 0. The van der Waals surface area contributed by atoms with Crippen LogP contribution in [0.1, 0.15) is 68.6 Å². The zero-order valence-electron chi connectivity index (χ0n) is 12.3. The zero-order chi connectivity index (χ0) is 15.0. The number of aromatic nitrogens is 4. The predicted molar refractivity (Wildman–Crippen MR) is 79.7 cm³/mol. The summed E-state index contributed by atoms with van der Waals surface area (Å²) >= 11 is 1.45. The van der Waals surface area contributed by atoms with Crippen LogP contribution < -0.4 is 0 Å². The SMILES string of the molecule is CC(C(=O)O)C(C)c1nn2c(C3CCCCC3)nnc2s1. The highest BCUT2D eigenvalue weighted by atomic mass is 32.1. The Kier molecular flexibility index (Phi) is 3.93. The van der Waals surface area contributed by atoms with E-state index in [1.165, 1.54) is 30.6 Å². The Morgan fingerprint density at radius 3 is 2.67 bits per heavy atom. The molecule has 2 heterocycles. The van der Waals surface area contributed by atoms with Gasteiger partial charge in [-0.1, -0.05) is 44.4 Å². The average Bonchev–Trinajstić information content (AvgIpc) is 3.06. The average molecular weight is 308 g/mol. The van der Waals surface area contributed by atoms with Gasteiger partial charge >= 0.3 is 5.97 Å². The van der Waals surface area contributed by atoms with Crippen molar-refractivity contribution in [3.8, 4) is 0 Å². The summed E-state index contributed by atoms with van der Waals surface area (Å²) in [5, 5.41) is 23.1. The molecule has 21 heavy (non-hydrogen) atoms. The smallest absolute Gasteiger partial charge is 0.306 e. The summed E-state index contributed by atoms with van der Waals surface area (Å²) < 4.78 is 1.83. The maximum absolute atomic E-state index is 11.1. The Balaban J connectivity index is 1.90. The van der Waals surface area contributed by atoms with Gasteiger partial charge in [0.15, 0.2) is 5.82 Å². The first-order chi connectivity index (χ1) is 10.1. The number of hydrogen-bond donors (Lipinski definition) is 1. The van der Waals surface area contributed by atoms with Gasteiger partial charge in [0.05, 0.1) is 5.92 Å². The van der Waals surface area contributed by atoms with E-state index in [2.05, 4.69) is 15.3 Å². The van der Waals surface area contributed by atoms with Gasteiger partial charge in [0.2, 0.25) is 4.96 Å². The normalized spacial score (nSPS) is 19.7. The van der Waals surface area contributed by atoms with Crippen molar-refractivity contribution < 1.29 is 9.90 Å². The van der Waals surface area contributed by atoms with E-state index < -0.39 is 11.9 Å². The van der Waals surface area contributed by atoms with Crippen LogP contribution in [0.15, 0.2) is 0 Å². The third kappa shape index (κ3) is 2.66. The second kappa shape index (κ2) is 5.71. The maximum Gasteiger partial charge on any atom is 0.306 e. The third-order valence-electron chi connectivity index (χ3n) is 4.53. The van der Waals surface area contributed by atoms with Crippen molar-refractivity contribution in [3.05, 3.63) is 10.8 Å². The number of nitrogens with zero attached hydrogens (tertiary/aromatic N) is 4.